The Morgan fingerprint density at radius 1 is 1.13 bits per heavy atom. The van der Waals surface area contributed by atoms with E-state index in [2.05, 4.69) is 47.7 Å². The van der Waals surface area contributed by atoms with Gasteiger partial charge >= 0.3 is 0 Å². The summed E-state index contributed by atoms with van der Waals surface area (Å²) in [4.78, 5) is 33.2. The zero-order valence-electron chi connectivity index (χ0n) is 16.8. The van der Waals surface area contributed by atoms with Crippen LogP contribution < -0.4 is 10.7 Å². The summed E-state index contributed by atoms with van der Waals surface area (Å²) in [5, 5.41) is 7.50. The number of nitrogens with one attached hydrogen (secondary N) is 3. The van der Waals surface area contributed by atoms with Crippen LogP contribution in [0.15, 0.2) is 47.7 Å². The highest BCUT2D eigenvalue weighted by atomic mass is 16.2. The third-order valence-corrected chi connectivity index (χ3v) is 4.80. The van der Waals surface area contributed by atoms with Crippen molar-refractivity contribution in [2.45, 2.75) is 20.3 Å². The Hall–Kier alpha value is -3.72. The first-order valence-electron chi connectivity index (χ1n) is 9.75. The molecule has 0 saturated carbocycles. The molecule has 0 unspecified atom stereocenters. The Kier molecular flexibility index (Phi) is 5.71. The van der Waals surface area contributed by atoms with E-state index < -0.39 is 0 Å². The summed E-state index contributed by atoms with van der Waals surface area (Å²) < 4.78 is 0. The number of aryl methyl sites for hydroxylation is 1. The summed E-state index contributed by atoms with van der Waals surface area (Å²) in [6.07, 6.45) is 10.7. The highest BCUT2D eigenvalue weighted by molar-refractivity contribution is 6.32. The monoisotopic (exact) mass is 402 g/mol. The fraction of sp³-hybridized carbons (Fsp3) is 0.238. The third kappa shape index (κ3) is 3.87. The van der Waals surface area contributed by atoms with E-state index in [1.54, 1.807) is 43.1 Å². The van der Waals surface area contributed by atoms with Gasteiger partial charge in [0, 0.05) is 36.0 Å². The second-order valence-electron chi connectivity index (χ2n) is 6.74. The molecule has 9 nitrogen and oxygen atoms in total. The van der Waals surface area contributed by atoms with Crippen LogP contribution in [0.3, 0.4) is 0 Å². The first-order chi connectivity index (χ1) is 14.7. The first-order valence-corrected chi connectivity index (χ1v) is 9.75. The summed E-state index contributed by atoms with van der Waals surface area (Å²) in [6.45, 7) is 5.82. The van der Waals surface area contributed by atoms with E-state index in [0.29, 0.717) is 22.8 Å². The highest BCUT2D eigenvalue weighted by Gasteiger charge is 2.27. The van der Waals surface area contributed by atoms with Crippen LogP contribution in [-0.4, -0.2) is 49.6 Å². The van der Waals surface area contributed by atoms with E-state index in [9.17, 15) is 4.79 Å². The van der Waals surface area contributed by atoms with E-state index in [-0.39, 0.29) is 5.91 Å². The average Bonchev–Trinajstić information content (AvgIpc) is 3.29. The van der Waals surface area contributed by atoms with E-state index in [4.69, 9.17) is 0 Å². The number of nitrogens with zero attached hydrogens (tertiary/aromatic N) is 5. The topological polar surface area (TPSA) is 121 Å². The van der Waals surface area contributed by atoms with Crippen LogP contribution in [0.2, 0.25) is 0 Å². The largest absolute Gasteiger partial charge is 0.358 e. The van der Waals surface area contributed by atoms with Crippen molar-refractivity contribution in [2.75, 3.05) is 13.1 Å². The van der Waals surface area contributed by atoms with Gasteiger partial charge in [-0.15, -0.1) is 0 Å². The van der Waals surface area contributed by atoms with Crippen LogP contribution in [0.4, 0.5) is 0 Å². The minimum atomic E-state index is -0.294. The molecule has 3 aromatic heterocycles. The maximum Gasteiger partial charge on any atom is 0.273 e. The van der Waals surface area contributed by atoms with Gasteiger partial charge < -0.3 is 10.3 Å². The lowest BCUT2D eigenvalue weighted by molar-refractivity contribution is -0.116. The van der Waals surface area contributed by atoms with Gasteiger partial charge in [0.15, 0.2) is 5.82 Å². The van der Waals surface area contributed by atoms with E-state index in [1.807, 2.05) is 6.92 Å². The van der Waals surface area contributed by atoms with Crippen molar-refractivity contribution < 1.29 is 4.79 Å². The van der Waals surface area contributed by atoms with Crippen molar-refractivity contribution >= 4 is 17.7 Å². The Labute approximate surface area is 173 Å². The number of carbonyl (C=O) groups is 1. The minimum Gasteiger partial charge on any atom is -0.358 e. The van der Waals surface area contributed by atoms with Crippen LogP contribution in [0.25, 0.3) is 17.5 Å². The van der Waals surface area contributed by atoms with Gasteiger partial charge in [-0.1, -0.05) is 6.92 Å². The molecule has 0 saturated heterocycles. The number of H-pyrrole nitrogens is 1. The molecular weight excluding hydrogens is 380 g/mol. The lowest BCUT2D eigenvalue weighted by Crippen LogP contribution is -2.16. The molecule has 30 heavy (non-hydrogen) atoms. The number of carbonyl (C=O) groups excluding carboxylic acids is 1. The molecule has 0 radical (unpaired) electrons. The molecule has 0 atom stereocenters. The number of likely N-dealkylation sites (N-methyl/N-ethyl adjacent to an activating group) is 1. The van der Waals surface area contributed by atoms with Gasteiger partial charge in [-0.3, -0.25) is 14.8 Å². The molecule has 4 heterocycles. The predicted molar refractivity (Wildman–Crippen MR) is 113 cm³/mol. The van der Waals surface area contributed by atoms with E-state index in [1.165, 1.54) is 0 Å². The second kappa shape index (κ2) is 8.75. The Morgan fingerprint density at radius 3 is 2.70 bits per heavy atom. The molecule has 9 heteroatoms. The molecule has 0 fully saturated rings. The lowest BCUT2D eigenvalue weighted by Gasteiger charge is -2.07. The summed E-state index contributed by atoms with van der Waals surface area (Å²) in [5.74, 6) is 0.314. The van der Waals surface area contributed by atoms with Crippen LogP contribution in [-0.2, 0) is 11.2 Å². The van der Waals surface area contributed by atoms with Gasteiger partial charge in [0.2, 0.25) is 0 Å². The molecule has 0 spiro atoms. The van der Waals surface area contributed by atoms with Gasteiger partial charge in [-0.2, -0.15) is 5.10 Å². The normalized spacial score (nSPS) is 14.8. The van der Waals surface area contributed by atoms with Crippen molar-refractivity contribution in [1.29, 1.82) is 0 Å². The molecule has 3 N–H and O–H groups in total. The van der Waals surface area contributed by atoms with E-state index >= 15 is 0 Å². The van der Waals surface area contributed by atoms with Crippen LogP contribution in [0.1, 0.15) is 29.6 Å². The van der Waals surface area contributed by atoms with Gasteiger partial charge in [0.25, 0.3) is 5.91 Å². The lowest BCUT2D eigenvalue weighted by atomic mass is 10.0. The quantitative estimate of drug-likeness (QED) is 0.408. The molecule has 0 aliphatic carbocycles. The molecule has 0 bridgehead atoms. The number of hydrogen-bond acceptors (Lipinski definition) is 7. The van der Waals surface area contributed by atoms with Crippen molar-refractivity contribution in [2.24, 2.45) is 5.10 Å². The molecule has 1 amide bonds. The number of amides is 1. The predicted octanol–water partition coefficient (Wildman–Crippen LogP) is 1.64. The van der Waals surface area contributed by atoms with Crippen molar-refractivity contribution in [3.63, 3.8) is 0 Å². The maximum atomic E-state index is 12.5. The van der Waals surface area contributed by atoms with E-state index in [0.717, 1.165) is 42.0 Å². The maximum absolute atomic E-state index is 12.5. The summed E-state index contributed by atoms with van der Waals surface area (Å²) in [6, 6.07) is 1.78. The Bertz CT molecular complexity index is 1100. The number of rotatable bonds is 7. The zero-order valence-corrected chi connectivity index (χ0v) is 16.8. The van der Waals surface area contributed by atoms with Crippen molar-refractivity contribution in [3.8, 4) is 11.4 Å². The number of aromatic amines is 1. The molecule has 4 rings (SSSR count). The van der Waals surface area contributed by atoms with Crippen LogP contribution in [0.5, 0.6) is 0 Å². The van der Waals surface area contributed by atoms with Gasteiger partial charge in [0.1, 0.15) is 11.4 Å². The zero-order chi connectivity index (χ0) is 20.9. The Balaban J connectivity index is 1.81. The molecule has 3 aromatic rings. The smallest absolute Gasteiger partial charge is 0.273 e. The third-order valence-electron chi connectivity index (χ3n) is 4.80. The number of hydrazone groups is 1. The molecule has 0 aromatic carbocycles. The first kappa shape index (κ1) is 19.6. The van der Waals surface area contributed by atoms with Crippen LogP contribution in [0, 0.1) is 6.92 Å². The van der Waals surface area contributed by atoms with Crippen molar-refractivity contribution in [3.05, 3.63) is 65.3 Å². The van der Waals surface area contributed by atoms with Crippen LogP contribution >= 0.6 is 0 Å². The SMILES string of the molecule is CCNCCc1c(C)[nH]c(/C=C2/C(=O)NN=C2c2cnccn2)c1-c1ncccn1. The minimum absolute atomic E-state index is 0.294. The molecule has 1 aliphatic heterocycles. The average molecular weight is 402 g/mol. The Morgan fingerprint density at radius 2 is 1.97 bits per heavy atom. The summed E-state index contributed by atoms with van der Waals surface area (Å²) in [5.41, 5.74) is 7.68. The second-order valence-corrected chi connectivity index (χ2v) is 6.74. The fourth-order valence-corrected chi connectivity index (χ4v) is 3.41. The summed E-state index contributed by atoms with van der Waals surface area (Å²) >= 11 is 0. The summed E-state index contributed by atoms with van der Waals surface area (Å²) in [7, 11) is 0. The number of hydrogen-bond donors (Lipinski definition) is 3. The fourth-order valence-electron chi connectivity index (χ4n) is 3.41. The van der Waals surface area contributed by atoms with Crippen molar-refractivity contribution in [1.82, 2.24) is 35.7 Å². The highest BCUT2D eigenvalue weighted by Crippen LogP contribution is 2.30. The van der Waals surface area contributed by atoms with Gasteiger partial charge in [0.05, 0.1) is 17.5 Å². The molecule has 1 aliphatic rings. The standard InChI is InChI=1S/C21H22N8O/c1-3-22-8-5-14-13(2)27-16(18(14)20-25-6-4-7-26-20)11-15-19(28-29-21(15)30)17-12-23-9-10-24-17/h4,6-7,9-12,22,27H,3,5,8H2,1-2H3,(H,29,30)/b15-11+. The number of aromatic nitrogens is 5. The van der Waals surface area contributed by atoms with Gasteiger partial charge in [-0.25, -0.2) is 15.4 Å². The van der Waals surface area contributed by atoms with Gasteiger partial charge in [-0.05, 0) is 44.1 Å². The molecular formula is C21H22N8O. The molecule has 152 valence electrons.